The van der Waals surface area contributed by atoms with Gasteiger partial charge in [-0.2, -0.15) is 23.5 Å². The maximum atomic E-state index is 13.7. The molecule has 5 rings (SSSR count). The first-order valence-corrected chi connectivity index (χ1v) is 13.3. The van der Waals surface area contributed by atoms with E-state index in [1.165, 1.54) is 24.3 Å². The summed E-state index contributed by atoms with van der Waals surface area (Å²) in [6.45, 7) is 0.112. The molecule has 0 atom stereocenters. The number of aromatic nitrogens is 2. The van der Waals surface area contributed by atoms with Crippen LogP contribution in [-0.2, 0) is 19.8 Å². The van der Waals surface area contributed by atoms with Crippen molar-refractivity contribution in [3.63, 3.8) is 0 Å². The smallest absolute Gasteiger partial charge is 0.416 e. The van der Waals surface area contributed by atoms with Gasteiger partial charge >= 0.3 is 12.1 Å². The number of alkyl halides is 3. The lowest BCUT2D eigenvalue weighted by molar-refractivity contribution is -0.137. The zero-order valence-electron chi connectivity index (χ0n) is 21.9. The molecule has 42 heavy (non-hydrogen) atoms. The summed E-state index contributed by atoms with van der Waals surface area (Å²) in [5.41, 5.74) is 2.55. The summed E-state index contributed by atoms with van der Waals surface area (Å²) in [4.78, 5) is 25.3. The van der Waals surface area contributed by atoms with Crippen LogP contribution < -0.4 is 5.32 Å². The normalized spacial score (nSPS) is 11.3. The van der Waals surface area contributed by atoms with Gasteiger partial charge in [0, 0.05) is 23.9 Å². The SMILES string of the molecule is Cn1nc(Sc2ccc(C(F)(F)F)cc2)c2c(C(=O)NCc3ccc(C(=O)O)cc3)cc(-c3ccccc3C#N)cc21. The predicted octanol–water partition coefficient (Wildman–Crippen LogP) is 6.91. The molecule has 2 N–H and O–H groups in total. The molecule has 0 saturated heterocycles. The molecule has 1 heterocycles. The number of carbonyl (C=O) groups excluding carboxylic acids is 1. The second kappa shape index (κ2) is 11.4. The number of carboxylic acids is 1. The molecule has 5 aromatic rings. The molecular formula is C31H21F3N4O3S. The Kier molecular flexibility index (Phi) is 7.74. The Bertz CT molecular complexity index is 1860. The van der Waals surface area contributed by atoms with Gasteiger partial charge in [-0.25, -0.2) is 4.79 Å². The lowest BCUT2D eigenvalue weighted by Crippen LogP contribution is -2.23. The van der Waals surface area contributed by atoms with Crippen molar-refractivity contribution >= 4 is 34.5 Å². The van der Waals surface area contributed by atoms with Crippen LogP contribution in [-0.4, -0.2) is 26.8 Å². The monoisotopic (exact) mass is 586 g/mol. The highest BCUT2D eigenvalue weighted by Gasteiger charge is 2.30. The van der Waals surface area contributed by atoms with E-state index in [0.717, 1.165) is 23.9 Å². The molecule has 4 aromatic carbocycles. The molecule has 0 spiro atoms. The number of aryl methyl sites for hydroxylation is 1. The van der Waals surface area contributed by atoms with Crippen LogP contribution in [0.25, 0.3) is 22.0 Å². The van der Waals surface area contributed by atoms with E-state index in [0.29, 0.717) is 43.1 Å². The Morgan fingerprint density at radius 2 is 1.71 bits per heavy atom. The van der Waals surface area contributed by atoms with Gasteiger partial charge in [0.15, 0.2) is 0 Å². The van der Waals surface area contributed by atoms with Crippen molar-refractivity contribution in [2.45, 2.75) is 22.6 Å². The number of nitrogens with one attached hydrogen (secondary N) is 1. The topological polar surface area (TPSA) is 108 Å². The maximum absolute atomic E-state index is 13.7. The fourth-order valence-electron chi connectivity index (χ4n) is 4.45. The molecule has 0 unspecified atom stereocenters. The van der Waals surface area contributed by atoms with Crippen molar-refractivity contribution in [1.82, 2.24) is 15.1 Å². The third-order valence-electron chi connectivity index (χ3n) is 6.57. The van der Waals surface area contributed by atoms with Crippen molar-refractivity contribution in [3.8, 4) is 17.2 Å². The van der Waals surface area contributed by atoms with Gasteiger partial charge in [-0.15, -0.1) is 0 Å². The van der Waals surface area contributed by atoms with Crippen LogP contribution >= 0.6 is 11.8 Å². The summed E-state index contributed by atoms with van der Waals surface area (Å²) < 4.78 is 40.8. The minimum Gasteiger partial charge on any atom is -0.478 e. The molecule has 7 nitrogen and oxygen atoms in total. The summed E-state index contributed by atoms with van der Waals surface area (Å²) in [6.07, 6.45) is -4.46. The summed E-state index contributed by atoms with van der Waals surface area (Å²) in [7, 11) is 1.70. The first-order chi connectivity index (χ1) is 20.0. The number of halogens is 3. The molecule has 0 bridgehead atoms. The zero-order chi connectivity index (χ0) is 30.0. The van der Waals surface area contributed by atoms with Crippen molar-refractivity contribution < 1.29 is 27.9 Å². The number of carboxylic acid groups (broad SMARTS) is 1. The van der Waals surface area contributed by atoms with Gasteiger partial charge in [-0.3, -0.25) is 9.48 Å². The van der Waals surface area contributed by atoms with E-state index in [1.807, 2.05) is 6.07 Å². The molecule has 1 amide bonds. The van der Waals surface area contributed by atoms with E-state index in [9.17, 15) is 28.0 Å². The van der Waals surface area contributed by atoms with Gasteiger partial charge in [-0.1, -0.05) is 42.1 Å². The number of nitrogens with zero attached hydrogens (tertiary/aromatic N) is 3. The minimum absolute atomic E-state index is 0.112. The predicted molar refractivity (Wildman–Crippen MR) is 151 cm³/mol. The van der Waals surface area contributed by atoms with Crippen LogP contribution in [0.2, 0.25) is 0 Å². The van der Waals surface area contributed by atoms with E-state index in [2.05, 4.69) is 16.5 Å². The number of aromatic carboxylic acids is 1. The number of fused-ring (bicyclic) bond motifs is 1. The number of benzene rings is 4. The number of nitriles is 1. The van der Waals surface area contributed by atoms with Gasteiger partial charge in [-0.05, 0) is 71.3 Å². The lowest BCUT2D eigenvalue weighted by Gasteiger charge is -2.12. The molecule has 0 aliphatic rings. The number of hydrogen-bond donors (Lipinski definition) is 2. The van der Waals surface area contributed by atoms with E-state index in [-0.39, 0.29) is 17.7 Å². The fourth-order valence-corrected chi connectivity index (χ4v) is 5.43. The van der Waals surface area contributed by atoms with Crippen molar-refractivity contribution in [3.05, 3.63) is 113 Å². The molecule has 210 valence electrons. The molecule has 0 fully saturated rings. The van der Waals surface area contributed by atoms with Crippen molar-refractivity contribution in [1.29, 1.82) is 5.26 Å². The third kappa shape index (κ3) is 5.84. The Hall–Kier alpha value is -5.08. The Morgan fingerprint density at radius 1 is 1.02 bits per heavy atom. The Labute approximate surface area is 242 Å². The Balaban J connectivity index is 1.57. The largest absolute Gasteiger partial charge is 0.478 e. The standard InChI is InChI=1S/C31H21F3N4O3S/c1-38-26-15-21(24-5-3-2-4-20(24)16-35)14-25(28(39)36-17-18-6-8-19(9-7-18)30(40)41)27(26)29(37-38)42-23-12-10-22(11-13-23)31(32,33)34/h2-15H,17H2,1H3,(H,36,39)(H,40,41). The van der Waals surface area contributed by atoms with E-state index in [4.69, 9.17) is 5.11 Å². The Morgan fingerprint density at radius 3 is 2.36 bits per heavy atom. The quantitative estimate of drug-likeness (QED) is 0.215. The fraction of sp³-hybridized carbons (Fsp3) is 0.0968. The van der Waals surface area contributed by atoms with E-state index >= 15 is 0 Å². The second-order valence-corrected chi connectivity index (χ2v) is 10.4. The van der Waals surface area contributed by atoms with Gasteiger partial charge in [0.25, 0.3) is 5.91 Å². The molecule has 0 aliphatic carbocycles. The van der Waals surface area contributed by atoms with Gasteiger partial charge < -0.3 is 10.4 Å². The van der Waals surface area contributed by atoms with Crippen LogP contribution in [0.5, 0.6) is 0 Å². The van der Waals surface area contributed by atoms with Gasteiger partial charge in [0.1, 0.15) is 5.03 Å². The zero-order valence-corrected chi connectivity index (χ0v) is 22.8. The summed E-state index contributed by atoms with van der Waals surface area (Å²) in [5, 5.41) is 27.2. The van der Waals surface area contributed by atoms with Crippen LogP contribution in [0.3, 0.4) is 0 Å². The maximum Gasteiger partial charge on any atom is 0.416 e. The number of rotatable bonds is 7. The molecule has 0 radical (unpaired) electrons. The summed E-state index contributed by atoms with van der Waals surface area (Å²) >= 11 is 1.13. The van der Waals surface area contributed by atoms with Gasteiger partial charge in [0.05, 0.1) is 33.8 Å². The molecule has 1 aromatic heterocycles. The third-order valence-corrected chi connectivity index (χ3v) is 7.56. The molecule has 0 saturated carbocycles. The first-order valence-electron chi connectivity index (χ1n) is 12.5. The lowest BCUT2D eigenvalue weighted by atomic mass is 9.96. The highest BCUT2D eigenvalue weighted by atomic mass is 32.2. The van der Waals surface area contributed by atoms with Crippen LogP contribution in [0.4, 0.5) is 13.2 Å². The van der Waals surface area contributed by atoms with Crippen LogP contribution in [0, 0.1) is 11.3 Å². The summed E-state index contributed by atoms with van der Waals surface area (Å²) in [6, 6.07) is 23.4. The number of hydrogen-bond acceptors (Lipinski definition) is 5. The van der Waals surface area contributed by atoms with Crippen LogP contribution in [0.1, 0.15) is 37.4 Å². The highest BCUT2D eigenvalue weighted by Crippen LogP contribution is 2.39. The first kappa shape index (κ1) is 28.4. The van der Waals surface area contributed by atoms with Crippen molar-refractivity contribution in [2.75, 3.05) is 0 Å². The molecule has 0 aliphatic heterocycles. The van der Waals surface area contributed by atoms with E-state index in [1.54, 1.807) is 54.2 Å². The second-order valence-electron chi connectivity index (χ2n) is 9.31. The molecular weight excluding hydrogens is 565 g/mol. The average molecular weight is 587 g/mol. The molecule has 11 heteroatoms. The number of carbonyl (C=O) groups is 2. The van der Waals surface area contributed by atoms with Crippen molar-refractivity contribution in [2.24, 2.45) is 7.05 Å². The van der Waals surface area contributed by atoms with E-state index < -0.39 is 23.6 Å². The number of amides is 1. The average Bonchev–Trinajstić information content (AvgIpc) is 3.29. The van der Waals surface area contributed by atoms with Crippen LogP contribution in [0.15, 0.2) is 94.9 Å². The summed E-state index contributed by atoms with van der Waals surface area (Å²) in [5.74, 6) is -1.50. The minimum atomic E-state index is -4.46. The highest BCUT2D eigenvalue weighted by molar-refractivity contribution is 7.99. The van der Waals surface area contributed by atoms with Gasteiger partial charge in [0.2, 0.25) is 0 Å².